The molecule has 0 spiro atoms. The van der Waals surface area contributed by atoms with Crippen LogP contribution in [0.4, 0.5) is 0 Å². The monoisotopic (exact) mass is 197 g/mol. The standard InChI is InChI=1S/C10H19N3O/c1-2-3-12-4-5-13-9(8-12)6-11-7-10(13)14/h9,11H,2-8H2,1H3. The van der Waals surface area contributed by atoms with Gasteiger partial charge in [-0.2, -0.15) is 0 Å². The number of rotatable bonds is 2. The van der Waals surface area contributed by atoms with E-state index < -0.39 is 0 Å². The van der Waals surface area contributed by atoms with Crippen LogP contribution in [0.2, 0.25) is 0 Å². The van der Waals surface area contributed by atoms with Crippen molar-refractivity contribution in [3.8, 4) is 0 Å². The Hall–Kier alpha value is -0.610. The predicted molar refractivity (Wildman–Crippen MR) is 55.1 cm³/mol. The minimum Gasteiger partial charge on any atom is -0.335 e. The molecule has 1 amide bonds. The van der Waals surface area contributed by atoms with E-state index in [9.17, 15) is 4.79 Å². The average Bonchev–Trinajstić information content (AvgIpc) is 2.18. The molecule has 0 aromatic heterocycles. The molecule has 2 aliphatic rings. The molecular formula is C10H19N3O. The van der Waals surface area contributed by atoms with E-state index in [4.69, 9.17) is 0 Å². The van der Waals surface area contributed by atoms with E-state index in [-0.39, 0.29) is 5.91 Å². The van der Waals surface area contributed by atoms with Crippen LogP contribution in [-0.2, 0) is 4.79 Å². The molecule has 2 saturated heterocycles. The number of hydrogen-bond acceptors (Lipinski definition) is 3. The van der Waals surface area contributed by atoms with E-state index >= 15 is 0 Å². The van der Waals surface area contributed by atoms with E-state index in [0.29, 0.717) is 12.6 Å². The Labute approximate surface area is 85.2 Å². The van der Waals surface area contributed by atoms with Crippen LogP contribution in [0.25, 0.3) is 0 Å². The van der Waals surface area contributed by atoms with E-state index in [1.54, 1.807) is 0 Å². The minimum atomic E-state index is 0.275. The van der Waals surface area contributed by atoms with Crippen molar-refractivity contribution in [1.82, 2.24) is 15.1 Å². The van der Waals surface area contributed by atoms with Gasteiger partial charge in [-0.3, -0.25) is 9.69 Å². The fourth-order valence-corrected chi connectivity index (χ4v) is 2.39. The molecule has 1 atom stereocenters. The number of carbonyl (C=O) groups is 1. The highest BCUT2D eigenvalue weighted by atomic mass is 16.2. The molecule has 1 N–H and O–H groups in total. The maximum Gasteiger partial charge on any atom is 0.236 e. The van der Waals surface area contributed by atoms with Crippen molar-refractivity contribution < 1.29 is 4.79 Å². The van der Waals surface area contributed by atoms with Crippen molar-refractivity contribution in [3.63, 3.8) is 0 Å². The molecule has 0 aromatic carbocycles. The Morgan fingerprint density at radius 1 is 1.50 bits per heavy atom. The molecule has 2 fully saturated rings. The first-order valence-electron chi connectivity index (χ1n) is 5.54. The number of nitrogens with one attached hydrogen (secondary N) is 1. The third kappa shape index (κ3) is 1.91. The molecule has 80 valence electrons. The van der Waals surface area contributed by atoms with Crippen molar-refractivity contribution in [2.45, 2.75) is 19.4 Å². The van der Waals surface area contributed by atoms with Crippen LogP contribution in [-0.4, -0.2) is 61.0 Å². The van der Waals surface area contributed by atoms with Gasteiger partial charge in [-0.05, 0) is 13.0 Å². The van der Waals surface area contributed by atoms with Gasteiger partial charge in [0.1, 0.15) is 0 Å². The minimum absolute atomic E-state index is 0.275. The largest absolute Gasteiger partial charge is 0.335 e. The predicted octanol–water partition coefficient (Wildman–Crippen LogP) is -0.488. The molecule has 0 aliphatic carbocycles. The van der Waals surface area contributed by atoms with E-state index in [0.717, 1.165) is 26.2 Å². The van der Waals surface area contributed by atoms with Crippen molar-refractivity contribution in [2.24, 2.45) is 0 Å². The second-order valence-corrected chi connectivity index (χ2v) is 4.17. The van der Waals surface area contributed by atoms with Crippen LogP contribution >= 0.6 is 0 Å². The zero-order valence-corrected chi connectivity index (χ0v) is 8.83. The van der Waals surface area contributed by atoms with Gasteiger partial charge in [0.15, 0.2) is 0 Å². The lowest BCUT2D eigenvalue weighted by Crippen LogP contribution is -2.63. The molecule has 0 radical (unpaired) electrons. The molecule has 1 unspecified atom stereocenters. The summed E-state index contributed by atoms with van der Waals surface area (Å²) in [6.45, 7) is 7.89. The topological polar surface area (TPSA) is 35.6 Å². The molecular weight excluding hydrogens is 178 g/mol. The Morgan fingerprint density at radius 3 is 3.14 bits per heavy atom. The summed E-state index contributed by atoms with van der Waals surface area (Å²) >= 11 is 0. The lowest BCUT2D eigenvalue weighted by molar-refractivity contribution is -0.137. The van der Waals surface area contributed by atoms with Crippen LogP contribution in [0, 0.1) is 0 Å². The van der Waals surface area contributed by atoms with Crippen molar-refractivity contribution in [3.05, 3.63) is 0 Å². The van der Waals surface area contributed by atoms with Gasteiger partial charge in [0, 0.05) is 26.2 Å². The van der Waals surface area contributed by atoms with Gasteiger partial charge in [-0.15, -0.1) is 0 Å². The fraction of sp³-hybridized carbons (Fsp3) is 0.900. The number of amides is 1. The van der Waals surface area contributed by atoms with Crippen LogP contribution < -0.4 is 5.32 Å². The maximum atomic E-state index is 11.5. The van der Waals surface area contributed by atoms with E-state index in [1.807, 2.05) is 4.90 Å². The summed E-state index contributed by atoms with van der Waals surface area (Å²) in [5.74, 6) is 0.275. The molecule has 4 nitrogen and oxygen atoms in total. The van der Waals surface area contributed by atoms with Gasteiger partial charge >= 0.3 is 0 Å². The average molecular weight is 197 g/mol. The normalized spacial score (nSPS) is 29.1. The van der Waals surface area contributed by atoms with Crippen LogP contribution in [0.3, 0.4) is 0 Å². The van der Waals surface area contributed by atoms with Gasteiger partial charge in [0.05, 0.1) is 12.6 Å². The van der Waals surface area contributed by atoms with Crippen molar-refractivity contribution >= 4 is 5.91 Å². The van der Waals surface area contributed by atoms with Crippen molar-refractivity contribution in [1.29, 1.82) is 0 Å². The molecule has 4 heteroatoms. The number of fused-ring (bicyclic) bond motifs is 1. The third-order valence-corrected chi connectivity index (χ3v) is 3.08. The first-order chi connectivity index (χ1) is 6.81. The maximum absolute atomic E-state index is 11.5. The lowest BCUT2D eigenvalue weighted by Gasteiger charge is -2.44. The van der Waals surface area contributed by atoms with Crippen LogP contribution in [0.15, 0.2) is 0 Å². The molecule has 2 rings (SSSR count). The van der Waals surface area contributed by atoms with Gasteiger partial charge in [0.2, 0.25) is 5.91 Å². The van der Waals surface area contributed by atoms with Crippen molar-refractivity contribution in [2.75, 3.05) is 39.3 Å². The molecule has 2 heterocycles. The highest BCUT2D eigenvalue weighted by Crippen LogP contribution is 2.12. The van der Waals surface area contributed by atoms with Crippen LogP contribution in [0.5, 0.6) is 0 Å². The number of piperazine rings is 2. The summed E-state index contributed by atoms with van der Waals surface area (Å²) in [5, 5.41) is 3.18. The van der Waals surface area contributed by atoms with E-state index in [1.165, 1.54) is 13.0 Å². The quantitative estimate of drug-likeness (QED) is 0.649. The lowest BCUT2D eigenvalue weighted by atomic mass is 10.1. The first kappa shape index (κ1) is 9.93. The van der Waals surface area contributed by atoms with Gasteiger partial charge in [-0.1, -0.05) is 6.92 Å². The van der Waals surface area contributed by atoms with Gasteiger partial charge < -0.3 is 10.2 Å². The molecule has 0 aromatic rings. The number of carbonyl (C=O) groups excluding carboxylic acids is 1. The third-order valence-electron chi connectivity index (χ3n) is 3.08. The highest BCUT2D eigenvalue weighted by molar-refractivity contribution is 5.79. The Morgan fingerprint density at radius 2 is 2.36 bits per heavy atom. The number of nitrogens with zero attached hydrogens (tertiary/aromatic N) is 2. The SMILES string of the molecule is CCCN1CCN2C(=O)CNCC2C1. The zero-order valence-electron chi connectivity index (χ0n) is 8.83. The summed E-state index contributed by atoms with van der Waals surface area (Å²) < 4.78 is 0. The smallest absolute Gasteiger partial charge is 0.236 e. The summed E-state index contributed by atoms with van der Waals surface area (Å²) in [6.07, 6.45) is 1.20. The molecule has 0 bridgehead atoms. The van der Waals surface area contributed by atoms with E-state index in [2.05, 4.69) is 17.1 Å². The second kappa shape index (κ2) is 4.28. The number of hydrogen-bond donors (Lipinski definition) is 1. The molecule has 14 heavy (non-hydrogen) atoms. The van der Waals surface area contributed by atoms with Gasteiger partial charge in [0.25, 0.3) is 0 Å². The summed E-state index contributed by atoms with van der Waals surface area (Å²) in [7, 11) is 0. The highest BCUT2D eigenvalue weighted by Gasteiger charge is 2.32. The summed E-state index contributed by atoms with van der Waals surface area (Å²) in [5.41, 5.74) is 0. The van der Waals surface area contributed by atoms with Crippen LogP contribution in [0.1, 0.15) is 13.3 Å². The fourth-order valence-electron chi connectivity index (χ4n) is 2.39. The Bertz CT molecular complexity index is 219. The summed E-state index contributed by atoms with van der Waals surface area (Å²) in [4.78, 5) is 16.0. The first-order valence-corrected chi connectivity index (χ1v) is 5.54. The van der Waals surface area contributed by atoms with Gasteiger partial charge in [-0.25, -0.2) is 0 Å². The zero-order chi connectivity index (χ0) is 9.97. The second-order valence-electron chi connectivity index (χ2n) is 4.17. The molecule has 2 aliphatic heterocycles. The summed E-state index contributed by atoms with van der Waals surface area (Å²) in [6, 6.07) is 0.413. The Kier molecular flexibility index (Phi) is 3.03. The molecule has 0 saturated carbocycles. The Balaban J connectivity index is 1.93.